The van der Waals surface area contributed by atoms with Crippen molar-refractivity contribution in [2.24, 2.45) is 4.99 Å². The summed E-state index contributed by atoms with van der Waals surface area (Å²) in [6.07, 6.45) is 2.33. The molecule has 0 aliphatic carbocycles. The third kappa shape index (κ3) is 2.80. The minimum absolute atomic E-state index is 0.811. The van der Waals surface area contributed by atoms with E-state index in [9.17, 15) is 0 Å². The van der Waals surface area contributed by atoms with Crippen LogP contribution in [0.4, 0.5) is 11.4 Å². The Hall–Kier alpha value is -1.55. The molecule has 0 unspecified atom stereocenters. The maximum absolute atomic E-state index is 5.44. The number of para-hydroxylation sites is 2. The fourth-order valence-corrected chi connectivity index (χ4v) is 2.95. The zero-order valence-corrected chi connectivity index (χ0v) is 12.2. The SMILES string of the molecule is CCN1CCC/C1=N\c1ccccc1N1CCOCC1. The average molecular weight is 273 g/mol. The van der Waals surface area contributed by atoms with Gasteiger partial charge in [-0.05, 0) is 25.5 Å². The number of nitrogens with zero attached hydrogens (tertiary/aromatic N) is 3. The van der Waals surface area contributed by atoms with Crippen molar-refractivity contribution in [1.82, 2.24) is 4.90 Å². The molecule has 2 heterocycles. The van der Waals surface area contributed by atoms with Crippen molar-refractivity contribution in [1.29, 1.82) is 0 Å². The number of hydrogen-bond acceptors (Lipinski definition) is 3. The molecule has 4 heteroatoms. The van der Waals surface area contributed by atoms with Gasteiger partial charge in [-0.15, -0.1) is 0 Å². The molecule has 0 amide bonds. The standard InChI is InChI=1S/C16H23N3O/c1-2-18-9-5-8-16(18)17-14-6-3-4-7-15(14)19-10-12-20-13-11-19/h3-4,6-7H,2,5,8-13H2,1H3/b17-16+. The van der Waals surface area contributed by atoms with E-state index in [0.29, 0.717) is 0 Å². The molecule has 20 heavy (non-hydrogen) atoms. The second-order valence-electron chi connectivity index (χ2n) is 5.30. The van der Waals surface area contributed by atoms with Crippen molar-refractivity contribution in [2.75, 3.05) is 44.3 Å². The number of ether oxygens (including phenoxy) is 1. The van der Waals surface area contributed by atoms with E-state index in [1.165, 1.54) is 17.9 Å². The number of hydrogen-bond donors (Lipinski definition) is 0. The van der Waals surface area contributed by atoms with Gasteiger partial charge in [0.1, 0.15) is 5.84 Å². The zero-order chi connectivity index (χ0) is 13.8. The Morgan fingerprint density at radius 3 is 2.75 bits per heavy atom. The van der Waals surface area contributed by atoms with Crippen molar-refractivity contribution in [3.8, 4) is 0 Å². The molecule has 0 saturated carbocycles. The third-order valence-corrected chi connectivity index (χ3v) is 4.06. The van der Waals surface area contributed by atoms with Gasteiger partial charge in [-0.2, -0.15) is 0 Å². The molecule has 0 spiro atoms. The monoisotopic (exact) mass is 273 g/mol. The average Bonchev–Trinajstić information content (AvgIpc) is 2.96. The summed E-state index contributed by atoms with van der Waals surface area (Å²) in [4.78, 5) is 9.71. The van der Waals surface area contributed by atoms with Gasteiger partial charge < -0.3 is 14.5 Å². The summed E-state index contributed by atoms with van der Waals surface area (Å²) in [6, 6.07) is 8.48. The number of morpholine rings is 1. The van der Waals surface area contributed by atoms with Crippen LogP contribution in [0.1, 0.15) is 19.8 Å². The molecule has 0 radical (unpaired) electrons. The molecule has 2 saturated heterocycles. The first kappa shape index (κ1) is 13.4. The number of likely N-dealkylation sites (tertiary alicyclic amines) is 1. The van der Waals surface area contributed by atoms with Gasteiger partial charge in [0.25, 0.3) is 0 Å². The largest absolute Gasteiger partial charge is 0.378 e. The van der Waals surface area contributed by atoms with Crippen LogP contribution in [0.15, 0.2) is 29.3 Å². The quantitative estimate of drug-likeness (QED) is 0.847. The number of anilines is 1. The normalized spacial score (nSPS) is 21.8. The lowest BCUT2D eigenvalue weighted by molar-refractivity contribution is 0.123. The zero-order valence-electron chi connectivity index (χ0n) is 12.2. The fraction of sp³-hybridized carbons (Fsp3) is 0.562. The molecule has 108 valence electrons. The molecule has 3 rings (SSSR count). The highest BCUT2D eigenvalue weighted by Gasteiger charge is 2.19. The predicted octanol–water partition coefficient (Wildman–Crippen LogP) is 2.67. The fourth-order valence-electron chi connectivity index (χ4n) is 2.95. The molecule has 0 N–H and O–H groups in total. The van der Waals surface area contributed by atoms with Gasteiger partial charge in [0.15, 0.2) is 0 Å². The molecule has 2 aliphatic rings. The van der Waals surface area contributed by atoms with Crippen LogP contribution in [0.25, 0.3) is 0 Å². The van der Waals surface area contributed by atoms with E-state index in [-0.39, 0.29) is 0 Å². The van der Waals surface area contributed by atoms with Gasteiger partial charge in [-0.3, -0.25) is 0 Å². The number of amidine groups is 1. The molecular formula is C16H23N3O. The molecule has 0 bridgehead atoms. The lowest BCUT2D eigenvalue weighted by Crippen LogP contribution is -2.36. The first-order chi connectivity index (χ1) is 9.88. The molecule has 1 aromatic carbocycles. The van der Waals surface area contributed by atoms with E-state index < -0.39 is 0 Å². The number of aliphatic imine (C=N–C) groups is 1. The Morgan fingerprint density at radius 2 is 1.95 bits per heavy atom. The van der Waals surface area contributed by atoms with Crippen LogP contribution in [-0.2, 0) is 4.74 Å². The van der Waals surface area contributed by atoms with Crippen molar-refractivity contribution >= 4 is 17.2 Å². The topological polar surface area (TPSA) is 28.1 Å². The van der Waals surface area contributed by atoms with Crippen LogP contribution in [0.5, 0.6) is 0 Å². The molecule has 0 atom stereocenters. The Labute approximate surface area is 121 Å². The van der Waals surface area contributed by atoms with Gasteiger partial charge in [-0.1, -0.05) is 12.1 Å². The van der Waals surface area contributed by atoms with E-state index in [1.54, 1.807) is 0 Å². The highest BCUT2D eigenvalue weighted by atomic mass is 16.5. The Balaban J connectivity index is 1.87. The lowest BCUT2D eigenvalue weighted by atomic mass is 10.2. The molecule has 1 aromatic rings. The first-order valence-corrected chi connectivity index (χ1v) is 7.62. The molecule has 4 nitrogen and oxygen atoms in total. The van der Waals surface area contributed by atoms with Crippen molar-refractivity contribution in [3.63, 3.8) is 0 Å². The van der Waals surface area contributed by atoms with Gasteiger partial charge >= 0.3 is 0 Å². The van der Waals surface area contributed by atoms with Gasteiger partial charge in [0.2, 0.25) is 0 Å². The van der Waals surface area contributed by atoms with E-state index in [4.69, 9.17) is 9.73 Å². The van der Waals surface area contributed by atoms with Crippen molar-refractivity contribution < 1.29 is 4.74 Å². The highest BCUT2D eigenvalue weighted by Crippen LogP contribution is 2.30. The summed E-state index contributed by atoms with van der Waals surface area (Å²) in [5.41, 5.74) is 2.34. The van der Waals surface area contributed by atoms with Gasteiger partial charge in [0.05, 0.1) is 24.6 Å². The summed E-state index contributed by atoms with van der Waals surface area (Å²) in [5.74, 6) is 1.24. The maximum Gasteiger partial charge on any atom is 0.105 e. The number of benzene rings is 1. The summed E-state index contributed by atoms with van der Waals surface area (Å²) >= 11 is 0. The molecule has 0 aromatic heterocycles. The molecular weight excluding hydrogens is 250 g/mol. The summed E-state index contributed by atoms with van der Waals surface area (Å²) in [6.45, 7) is 7.94. The van der Waals surface area contributed by atoms with Crippen LogP contribution in [0.2, 0.25) is 0 Å². The van der Waals surface area contributed by atoms with Gasteiger partial charge in [0, 0.05) is 32.6 Å². The van der Waals surface area contributed by atoms with E-state index in [0.717, 1.165) is 51.5 Å². The van der Waals surface area contributed by atoms with E-state index in [1.807, 2.05) is 0 Å². The van der Waals surface area contributed by atoms with Crippen LogP contribution < -0.4 is 4.90 Å². The van der Waals surface area contributed by atoms with E-state index >= 15 is 0 Å². The predicted molar refractivity (Wildman–Crippen MR) is 83.1 cm³/mol. The minimum atomic E-state index is 0.811. The van der Waals surface area contributed by atoms with Gasteiger partial charge in [-0.25, -0.2) is 4.99 Å². The number of rotatable bonds is 3. The van der Waals surface area contributed by atoms with Crippen LogP contribution in [-0.4, -0.2) is 50.1 Å². The molecule has 2 aliphatic heterocycles. The third-order valence-electron chi connectivity index (χ3n) is 4.06. The lowest BCUT2D eigenvalue weighted by Gasteiger charge is -2.30. The highest BCUT2D eigenvalue weighted by molar-refractivity contribution is 5.88. The Bertz CT molecular complexity index is 480. The second-order valence-corrected chi connectivity index (χ2v) is 5.30. The van der Waals surface area contributed by atoms with Crippen LogP contribution in [0.3, 0.4) is 0 Å². The van der Waals surface area contributed by atoms with Crippen LogP contribution in [0, 0.1) is 0 Å². The Morgan fingerprint density at radius 1 is 1.15 bits per heavy atom. The molecule has 2 fully saturated rings. The summed E-state index contributed by atoms with van der Waals surface area (Å²) in [5, 5.41) is 0. The van der Waals surface area contributed by atoms with E-state index in [2.05, 4.69) is 41.0 Å². The smallest absolute Gasteiger partial charge is 0.105 e. The first-order valence-electron chi connectivity index (χ1n) is 7.62. The second kappa shape index (κ2) is 6.27. The van der Waals surface area contributed by atoms with Crippen molar-refractivity contribution in [3.05, 3.63) is 24.3 Å². The van der Waals surface area contributed by atoms with Crippen LogP contribution >= 0.6 is 0 Å². The summed E-state index contributed by atoms with van der Waals surface area (Å²) in [7, 11) is 0. The van der Waals surface area contributed by atoms with Crippen molar-refractivity contribution in [2.45, 2.75) is 19.8 Å². The maximum atomic E-state index is 5.44. The summed E-state index contributed by atoms with van der Waals surface area (Å²) < 4.78 is 5.44. The minimum Gasteiger partial charge on any atom is -0.378 e. The Kier molecular flexibility index (Phi) is 4.21.